The monoisotopic (exact) mass is 460 g/mol. The summed E-state index contributed by atoms with van der Waals surface area (Å²) in [4.78, 5) is 16.3. The Morgan fingerprint density at radius 1 is 0.941 bits per heavy atom. The van der Waals surface area contributed by atoms with E-state index >= 15 is 0 Å². The third kappa shape index (κ3) is 5.47. The van der Waals surface area contributed by atoms with Crippen molar-refractivity contribution in [2.24, 2.45) is 0 Å². The first-order valence-electron chi connectivity index (χ1n) is 11.8. The standard InChI is InChI=1S/C26H32N6O2/c1-30-12-14-32(15-13-30)24-7-5-21-17-20(24)18-31(2)11-3-4-16-33-19-22-6-8-25(34-22)23-9-10-27-26(28-21)29-23/h3-10,17H,11-16,18-19H2,1-2H3,(H,27,28,29). The van der Waals surface area contributed by atoms with Crippen molar-refractivity contribution in [1.82, 2.24) is 19.8 Å². The van der Waals surface area contributed by atoms with Crippen LogP contribution in [0.4, 0.5) is 17.3 Å². The van der Waals surface area contributed by atoms with Crippen molar-refractivity contribution < 1.29 is 9.15 Å². The summed E-state index contributed by atoms with van der Waals surface area (Å²) >= 11 is 0. The van der Waals surface area contributed by atoms with Crippen LogP contribution in [0, 0.1) is 0 Å². The minimum atomic E-state index is 0.426. The fourth-order valence-electron chi connectivity index (χ4n) is 4.33. The van der Waals surface area contributed by atoms with Crippen LogP contribution in [-0.2, 0) is 17.9 Å². The summed E-state index contributed by atoms with van der Waals surface area (Å²) < 4.78 is 11.7. The van der Waals surface area contributed by atoms with Crippen molar-refractivity contribution in [1.29, 1.82) is 0 Å². The number of hydrogen-bond acceptors (Lipinski definition) is 8. The van der Waals surface area contributed by atoms with Crippen LogP contribution < -0.4 is 10.2 Å². The molecule has 0 unspecified atom stereocenters. The second-order valence-electron chi connectivity index (χ2n) is 8.97. The first-order valence-corrected chi connectivity index (χ1v) is 11.8. The summed E-state index contributed by atoms with van der Waals surface area (Å²) in [7, 11) is 4.33. The lowest BCUT2D eigenvalue weighted by molar-refractivity contribution is 0.132. The molecule has 2 aliphatic rings. The molecule has 2 aliphatic heterocycles. The van der Waals surface area contributed by atoms with Crippen molar-refractivity contribution in [2.45, 2.75) is 13.2 Å². The van der Waals surface area contributed by atoms with Gasteiger partial charge in [-0.05, 0) is 56.1 Å². The fraction of sp³-hybridized carbons (Fsp3) is 0.385. The molecule has 1 N–H and O–H groups in total. The third-order valence-electron chi connectivity index (χ3n) is 6.23. The number of likely N-dealkylation sites (N-methyl/N-ethyl adjacent to an activating group) is 2. The molecule has 2 aromatic heterocycles. The van der Waals surface area contributed by atoms with Gasteiger partial charge in [0.25, 0.3) is 0 Å². The number of fused-ring (bicyclic) bond motifs is 7. The van der Waals surface area contributed by atoms with Gasteiger partial charge in [-0.3, -0.25) is 4.90 Å². The van der Waals surface area contributed by atoms with Crippen molar-refractivity contribution >= 4 is 17.3 Å². The van der Waals surface area contributed by atoms with Crippen LogP contribution in [0.5, 0.6) is 0 Å². The maximum Gasteiger partial charge on any atom is 0.227 e. The first-order chi connectivity index (χ1) is 16.6. The molecule has 0 spiro atoms. The zero-order chi connectivity index (χ0) is 23.3. The second-order valence-corrected chi connectivity index (χ2v) is 8.97. The Labute approximate surface area is 200 Å². The molecule has 6 bridgehead atoms. The molecular formula is C26H32N6O2. The van der Waals surface area contributed by atoms with Crippen LogP contribution in [0.15, 0.2) is 59.2 Å². The number of benzene rings is 1. The summed E-state index contributed by atoms with van der Waals surface area (Å²) in [5, 5.41) is 3.39. The van der Waals surface area contributed by atoms with Crippen LogP contribution in [-0.4, -0.2) is 73.2 Å². The molecule has 8 nitrogen and oxygen atoms in total. The van der Waals surface area contributed by atoms with Crippen LogP contribution in [0.1, 0.15) is 11.3 Å². The van der Waals surface area contributed by atoms with E-state index in [1.165, 1.54) is 11.3 Å². The van der Waals surface area contributed by atoms with E-state index in [4.69, 9.17) is 9.15 Å². The van der Waals surface area contributed by atoms with Crippen LogP contribution in [0.3, 0.4) is 0 Å². The van der Waals surface area contributed by atoms with Gasteiger partial charge in [0.2, 0.25) is 5.95 Å². The lowest BCUT2D eigenvalue weighted by Crippen LogP contribution is -2.45. The van der Waals surface area contributed by atoms with E-state index in [2.05, 4.69) is 74.4 Å². The Morgan fingerprint density at radius 3 is 2.71 bits per heavy atom. The number of ether oxygens (including phenoxy) is 1. The number of piperazine rings is 1. The second kappa shape index (κ2) is 10.4. The largest absolute Gasteiger partial charge is 0.457 e. The molecule has 0 amide bonds. The van der Waals surface area contributed by atoms with E-state index in [1.54, 1.807) is 6.20 Å². The number of anilines is 3. The predicted molar refractivity (Wildman–Crippen MR) is 134 cm³/mol. The van der Waals surface area contributed by atoms with E-state index in [1.807, 2.05) is 18.2 Å². The molecule has 8 heteroatoms. The third-order valence-corrected chi connectivity index (χ3v) is 6.23. The van der Waals surface area contributed by atoms with Crippen LogP contribution >= 0.6 is 0 Å². The number of rotatable bonds is 1. The molecular weight excluding hydrogens is 428 g/mol. The molecule has 0 atom stereocenters. The average molecular weight is 461 g/mol. The highest BCUT2D eigenvalue weighted by molar-refractivity contribution is 5.65. The van der Waals surface area contributed by atoms with Crippen molar-refractivity contribution in [3.63, 3.8) is 0 Å². The van der Waals surface area contributed by atoms with Gasteiger partial charge in [-0.1, -0.05) is 12.2 Å². The lowest BCUT2D eigenvalue weighted by atomic mass is 10.1. The average Bonchev–Trinajstić information content (AvgIpc) is 3.31. The van der Waals surface area contributed by atoms with Gasteiger partial charge >= 0.3 is 0 Å². The quantitative estimate of drug-likeness (QED) is 0.551. The Morgan fingerprint density at radius 2 is 1.82 bits per heavy atom. The molecule has 1 fully saturated rings. The normalized spacial score (nSPS) is 18.2. The number of nitrogens with one attached hydrogen (secondary N) is 1. The van der Waals surface area contributed by atoms with Crippen LogP contribution in [0.25, 0.3) is 11.5 Å². The molecule has 178 valence electrons. The van der Waals surface area contributed by atoms with Gasteiger partial charge < -0.3 is 24.3 Å². The first kappa shape index (κ1) is 22.6. The SMILES string of the molecule is CN1CCN(c2ccc3cc2CN(C)CC=CCOCc2ccc(o2)-c2ccnc(n2)N3)CC1. The summed E-state index contributed by atoms with van der Waals surface area (Å²) in [6.07, 6.45) is 5.98. The van der Waals surface area contributed by atoms with Gasteiger partial charge in [0, 0.05) is 56.8 Å². The zero-order valence-corrected chi connectivity index (χ0v) is 19.9. The molecule has 0 saturated carbocycles. The zero-order valence-electron chi connectivity index (χ0n) is 19.9. The summed E-state index contributed by atoms with van der Waals surface area (Å²) in [5.74, 6) is 2.02. The minimum absolute atomic E-state index is 0.426. The van der Waals surface area contributed by atoms with Crippen LogP contribution in [0.2, 0.25) is 0 Å². The number of hydrogen-bond donors (Lipinski definition) is 1. The lowest BCUT2D eigenvalue weighted by Gasteiger charge is -2.35. The molecule has 34 heavy (non-hydrogen) atoms. The topological polar surface area (TPSA) is 69.9 Å². The van der Waals surface area contributed by atoms with Gasteiger partial charge in [-0.25, -0.2) is 9.97 Å². The summed E-state index contributed by atoms with van der Waals surface area (Å²) in [6.45, 7) is 6.89. The highest BCUT2D eigenvalue weighted by Crippen LogP contribution is 2.28. The van der Waals surface area contributed by atoms with E-state index in [0.717, 1.165) is 56.4 Å². The predicted octanol–water partition coefficient (Wildman–Crippen LogP) is 3.75. The molecule has 0 radical (unpaired) electrons. The molecule has 1 aromatic carbocycles. The highest BCUT2D eigenvalue weighted by atomic mass is 16.5. The molecule has 0 aliphatic carbocycles. The minimum Gasteiger partial charge on any atom is -0.457 e. The molecule has 4 heterocycles. The highest BCUT2D eigenvalue weighted by Gasteiger charge is 2.18. The van der Waals surface area contributed by atoms with Gasteiger partial charge in [0.15, 0.2) is 5.76 Å². The molecule has 5 rings (SSSR count). The van der Waals surface area contributed by atoms with Gasteiger partial charge in [-0.15, -0.1) is 0 Å². The van der Waals surface area contributed by atoms with Gasteiger partial charge in [-0.2, -0.15) is 0 Å². The summed E-state index contributed by atoms with van der Waals surface area (Å²) in [6, 6.07) is 12.3. The fourth-order valence-corrected chi connectivity index (χ4v) is 4.33. The van der Waals surface area contributed by atoms with Gasteiger partial charge in [0.05, 0.1) is 6.61 Å². The maximum atomic E-state index is 5.93. The Hall–Kier alpha value is -3.20. The van der Waals surface area contributed by atoms with Crippen molar-refractivity contribution in [3.8, 4) is 11.5 Å². The van der Waals surface area contributed by atoms with Crippen molar-refractivity contribution in [3.05, 3.63) is 66.1 Å². The Kier molecular flexibility index (Phi) is 6.89. The van der Waals surface area contributed by atoms with E-state index < -0.39 is 0 Å². The molecule has 3 aromatic rings. The summed E-state index contributed by atoms with van der Waals surface area (Å²) in [5.41, 5.74) is 4.29. The smallest absolute Gasteiger partial charge is 0.227 e. The Bertz CT molecular complexity index is 1140. The van der Waals surface area contributed by atoms with Crippen molar-refractivity contribution in [2.75, 3.05) is 63.6 Å². The number of furan rings is 1. The molecule has 1 saturated heterocycles. The van der Waals surface area contributed by atoms with Gasteiger partial charge in [0.1, 0.15) is 18.1 Å². The number of aromatic nitrogens is 2. The number of nitrogens with zero attached hydrogens (tertiary/aromatic N) is 5. The maximum absolute atomic E-state index is 5.93. The van der Waals surface area contributed by atoms with E-state index in [0.29, 0.717) is 24.9 Å². The Balaban J connectivity index is 1.47. The van der Waals surface area contributed by atoms with E-state index in [-0.39, 0.29) is 0 Å². The van der Waals surface area contributed by atoms with E-state index in [9.17, 15) is 0 Å².